The number of aliphatic hydroxyl groups is 1. The first-order valence-corrected chi connectivity index (χ1v) is 10.4. The van der Waals surface area contributed by atoms with Gasteiger partial charge in [0.2, 0.25) is 5.78 Å². The topological polar surface area (TPSA) is 86.9 Å². The van der Waals surface area contributed by atoms with Crippen molar-refractivity contribution >= 4 is 34.0 Å². The molecule has 1 atom stereocenters. The van der Waals surface area contributed by atoms with E-state index in [-0.39, 0.29) is 11.3 Å². The Bertz CT molecular complexity index is 1360. The Kier molecular flexibility index (Phi) is 4.94. The summed E-state index contributed by atoms with van der Waals surface area (Å²) in [6.07, 6.45) is 3.18. The van der Waals surface area contributed by atoms with Gasteiger partial charge >= 0.3 is 0 Å². The summed E-state index contributed by atoms with van der Waals surface area (Å²) in [6, 6.07) is 18.9. The maximum atomic E-state index is 13.6. The summed E-state index contributed by atoms with van der Waals surface area (Å²) in [7, 11) is 3.85. The zero-order chi connectivity index (χ0) is 23.1. The fraction of sp³-hybridized carbons (Fsp3) is 0.115. The summed E-state index contributed by atoms with van der Waals surface area (Å²) in [5, 5.41) is 11.6. The molecule has 0 bridgehead atoms. The van der Waals surface area contributed by atoms with Crippen molar-refractivity contribution in [3.05, 3.63) is 102 Å². The zero-order valence-corrected chi connectivity index (χ0v) is 18.1. The van der Waals surface area contributed by atoms with Crippen LogP contribution in [-0.2, 0) is 4.79 Å². The third kappa shape index (κ3) is 3.43. The number of aromatic nitrogens is 1. The van der Waals surface area contributed by atoms with Gasteiger partial charge in [-0.2, -0.15) is 0 Å². The highest BCUT2D eigenvalue weighted by molar-refractivity contribution is 6.20. The summed E-state index contributed by atoms with van der Waals surface area (Å²) in [5.41, 5.74) is 2.70. The molecule has 0 fully saturated rings. The highest BCUT2D eigenvalue weighted by Gasteiger charge is 2.45. The number of carbonyl (C=O) groups excluding carboxylic acids is 2. The molecule has 5 rings (SSSR count). The number of nitrogens with zero attached hydrogens (tertiary/aromatic N) is 3. The van der Waals surface area contributed by atoms with E-state index >= 15 is 0 Å². The number of fused-ring (bicyclic) bond motifs is 1. The van der Waals surface area contributed by atoms with Crippen LogP contribution < -0.4 is 9.80 Å². The van der Waals surface area contributed by atoms with E-state index < -0.39 is 23.5 Å². The minimum atomic E-state index is -0.827. The van der Waals surface area contributed by atoms with Crippen LogP contribution in [0.1, 0.15) is 22.2 Å². The molecule has 1 unspecified atom stereocenters. The summed E-state index contributed by atoms with van der Waals surface area (Å²) < 4.78 is 5.75. The molecule has 3 heterocycles. The van der Waals surface area contributed by atoms with Gasteiger partial charge in [-0.15, -0.1) is 0 Å². The van der Waals surface area contributed by atoms with Crippen LogP contribution in [0.3, 0.4) is 0 Å². The molecule has 33 heavy (non-hydrogen) atoms. The molecule has 1 aliphatic heterocycles. The second-order valence-electron chi connectivity index (χ2n) is 8.01. The molecular weight excluding hydrogens is 418 g/mol. The van der Waals surface area contributed by atoms with E-state index in [2.05, 4.69) is 4.98 Å². The molecule has 7 heteroatoms. The lowest BCUT2D eigenvalue weighted by Crippen LogP contribution is -2.31. The average molecular weight is 439 g/mol. The van der Waals surface area contributed by atoms with E-state index in [0.29, 0.717) is 16.8 Å². The predicted molar refractivity (Wildman–Crippen MR) is 125 cm³/mol. The Morgan fingerprint density at radius 1 is 1.03 bits per heavy atom. The molecular formula is C26H21N3O4. The lowest BCUT2D eigenvalue weighted by atomic mass is 9.95. The van der Waals surface area contributed by atoms with Gasteiger partial charge in [0.1, 0.15) is 5.58 Å². The average Bonchev–Trinajstić information content (AvgIpc) is 3.38. The number of carbonyl (C=O) groups is 2. The van der Waals surface area contributed by atoms with E-state index in [9.17, 15) is 14.7 Å². The number of anilines is 2. The van der Waals surface area contributed by atoms with Crippen LogP contribution >= 0.6 is 0 Å². The van der Waals surface area contributed by atoms with Crippen LogP contribution in [0.2, 0.25) is 0 Å². The maximum Gasteiger partial charge on any atom is 0.294 e. The summed E-state index contributed by atoms with van der Waals surface area (Å²) in [6.45, 7) is 0. The number of amides is 1. The fourth-order valence-corrected chi connectivity index (χ4v) is 4.10. The highest BCUT2D eigenvalue weighted by Crippen LogP contribution is 2.42. The van der Waals surface area contributed by atoms with Crippen molar-refractivity contribution in [3.8, 4) is 0 Å². The molecule has 164 valence electrons. The Balaban J connectivity index is 1.62. The molecule has 1 amide bonds. The molecule has 0 radical (unpaired) electrons. The number of hydrogen-bond acceptors (Lipinski definition) is 6. The van der Waals surface area contributed by atoms with Crippen molar-refractivity contribution in [2.24, 2.45) is 0 Å². The molecule has 0 aliphatic carbocycles. The number of benzene rings is 2. The second kappa shape index (κ2) is 7.94. The predicted octanol–water partition coefficient (Wildman–Crippen LogP) is 4.68. The van der Waals surface area contributed by atoms with Crippen molar-refractivity contribution in [3.63, 3.8) is 0 Å². The van der Waals surface area contributed by atoms with Gasteiger partial charge < -0.3 is 14.4 Å². The molecule has 1 aliphatic rings. The lowest BCUT2D eigenvalue weighted by Gasteiger charge is -2.27. The van der Waals surface area contributed by atoms with Crippen molar-refractivity contribution in [1.29, 1.82) is 0 Å². The van der Waals surface area contributed by atoms with Crippen LogP contribution in [0.5, 0.6) is 0 Å². The van der Waals surface area contributed by atoms with Crippen LogP contribution in [-0.4, -0.2) is 35.9 Å². The lowest BCUT2D eigenvalue weighted by molar-refractivity contribution is -0.117. The number of pyridine rings is 1. The number of hydrogen-bond donors (Lipinski definition) is 1. The Labute approximate surface area is 190 Å². The Morgan fingerprint density at radius 2 is 1.73 bits per heavy atom. The van der Waals surface area contributed by atoms with Gasteiger partial charge in [0, 0.05) is 43.3 Å². The summed E-state index contributed by atoms with van der Waals surface area (Å²) in [4.78, 5) is 34.2. The molecule has 2 aromatic carbocycles. The molecule has 0 saturated carbocycles. The van der Waals surface area contributed by atoms with Crippen molar-refractivity contribution < 1.29 is 19.1 Å². The van der Waals surface area contributed by atoms with Crippen LogP contribution in [0.15, 0.2) is 94.9 Å². The first kappa shape index (κ1) is 20.5. The van der Waals surface area contributed by atoms with Crippen LogP contribution in [0.25, 0.3) is 11.0 Å². The van der Waals surface area contributed by atoms with E-state index in [0.717, 1.165) is 11.1 Å². The minimum absolute atomic E-state index is 0.0260. The van der Waals surface area contributed by atoms with Crippen LogP contribution in [0, 0.1) is 0 Å². The van der Waals surface area contributed by atoms with E-state index in [1.54, 1.807) is 48.8 Å². The van der Waals surface area contributed by atoms with E-state index in [1.807, 2.05) is 49.3 Å². The normalized spacial score (nSPS) is 16.0. The van der Waals surface area contributed by atoms with Crippen molar-refractivity contribution in [2.45, 2.75) is 6.04 Å². The largest absolute Gasteiger partial charge is 0.503 e. The van der Waals surface area contributed by atoms with Gasteiger partial charge in [-0.1, -0.05) is 18.2 Å². The number of aliphatic hydroxyl groups excluding tert-OH is 1. The quantitative estimate of drug-likeness (QED) is 0.455. The standard InChI is InChI=1S/C26H21N3O4/c1-28(2)18-7-9-19(10-8-18)29-23(16-11-13-27-14-12-16)22(25(31)26(29)32)24(30)21-15-17-5-3-4-6-20(17)33-21/h3-15,23,31H,1-2H3. The van der Waals surface area contributed by atoms with E-state index in [1.165, 1.54) is 4.90 Å². The molecule has 0 saturated heterocycles. The first-order valence-electron chi connectivity index (χ1n) is 10.4. The SMILES string of the molecule is CN(C)c1ccc(N2C(=O)C(O)=C(C(=O)c3cc4ccccc4o3)C2c2ccncc2)cc1. The maximum absolute atomic E-state index is 13.6. The second-order valence-corrected chi connectivity index (χ2v) is 8.01. The number of rotatable bonds is 5. The number of para-hydroxylation sites is 1. The number of ketones is 1. The van der Waals surface area contributed by atoms with Crippen molar-refractivity contribution in [1.82, 2.24) is 4.98 Å². The zero-order valence-electron chi connectivity index (χ0n) is 18.1. The van der Waals surface area contributed by atoms with Gasteiger partial charge in [0.05, 0.1) is 11.6 Å². The van der Waals surface area contributed by atoms with Gasteiger partial charge in [-0.05, 0) is 54.1 Å². The van der Waals surface area contributed by atoms with Crippen LogP contribution in [0.4, 0.5) is 11.4 Å². The fourth-order valence-electron chi connectivity index (χ4n) is 4.10. The first-order chi connectivity index (χ1) is 16.0. The molecule has 2 aromatic heterocycles. The van der Waals surface area contributed by atoms with Gasteiger partial charge in [-0.25, -0.2) is 0 Å². The molecule has 0 spiro atoms. The minimum Gasteiger partial charge on any atom is -0.503 e. The van der Waals surface area contributed by atoms with Gasteiger partial charge in [0.25, 0.3) is 5.91 Å². The van der Waals surface area contributed by atoms with Gasteiger partial charge in [-0.3, -0.25) is 19.5 Å². The smallest absolute Gasteiger partial charge is 0.294 e. The number of furan rings is 1. The molecule has 4 aromatic rings. The summed E-state index contributed by atoms with van der Waals surface area (Å²) >= 11 is 0. The highest BCUT2D eigenvalue weighted by atomic mass is 16.3. The Hall–Kier alpha value is -4.39. The summed E-state index contributed by atoms with van der Waals surface area (Å²) in [5.74, 6) is -1.70. The monoisotopic (exact) mass is 439 g/mol. The third-order valence-electron chi connectivity index (χ3n) is 5.77. The van der Waals surface area contributed by atoms with E-state index in [4.69, 9.17) is 4.42 Å². The Morgan fingerprint density at radius 3 is 2.39 bits per heavy atom. The number of Topliss-reactive ketones (excluding diaryl/α,β-unsaturated/α-hetero) is 1. The van der Waals surface area contributed by atoms with Gasteiger partial charge in [0.15, 0.2) is 11.5 Å². The molecule has 1 N–H and O–H groups in total. The third-order valence-corrected chi connectivity index (χ3v) is 5.77. The molecule has 7 nitrogen and oxygen atoms in total. The van der Waals surface area contributed by atoms with Crippen molar-refractivity contribution in [2.75, 3.05) is 23.9 Å².